The van der Waals surface area contributed by atoms with E-state index in [1.54, 1.807) is 45.0 Å². The third-order valence-electron chi connectivity index (χ3n) is 3.37. The van der Waals surface area contributed by atoms with Gasteiger partial charge in [-0.3, -0.25) is 14.4 Å². The minimum atomic E-state index is -0.420. The molecule has 0 aromatic heterocycles. The number of hydrogen-bond donors (Lipinski definition) is 0. The lowest BCUT2D eigenvalue weighted by atomic mass is 9.91. The zero-order valence-electron chi connectivity index (χ0n) is 12.1. The summed E-state index contributed by atoms with van der Waals surface area (Å²) in [5.41, 5.74) is 0.558. The Kier molecular flexibility index (Phi) is 4.28. The van der Waals surface area contributed by atoms with E-state index in [4.69, 9.17) is 11.6 Å². The Labute approximate surface area is 128 Å². The van der Waals surface area contributed by atoms with Gasteiger partial charge in [-0.25, -0.2) is 0 Å². The van der Waals surface area contributed by atoms with Gasteiger partial charge in [-0.15, -0.1) is 0 Å². The standard InChI is InChI=1S/C16H16ClNO3/c1-4-12(19)18(9(2)3)14-13(17)15(20)10-7-5-6-8-11(10)16(14)21/h5-9H,4H2,1-3H3. The zero-order valence-corrected chi connectivity index (χ0v) is 12.9. The molecule has 0 saturated heterocycles. The average Bonchev–Trinajstić information content (AvgIpc) is 2.48. The van der Waals surface area contributed by atoms with Gasteiger partial charge < -0.3 is 4.90 Å². The van der Waals surface area contributed by atoms with Crippen LogP contribution in [0.4, 0.5) is 0 Å². The number of hydrogen-bond acceptors (Lipinski definition) is 3. The fourth-order valence-electron chi connectivity index (χ4n) is 2.39. The average molecular weight is 306 g/mol. The van der Waals surface area contributed by atoms with Crippen molar-refractivity contribution in [1.82, 2.24) is 4.90 Å². The van der Waals surface area contributed by atoms with Gasteiger partial charge in [0, 0.05) is 23.6 Å². The minimum absolute atomic E-state index is 0.0118. The molecule has 1 aromatic carbocycles. The van der Waals surface area contributed by atoms with Crippen molar-refractivity contribution in [1.29, 1.82) is 0 Å². The van der Waals surface area contributed by atoms with Gasteiger partial charge in [-0.05, 0) is 13.8 Å². The van der Waals surface area contributed by atoms with Gasteiger partial charge in [0.2, 0.25) is 17.5 Å². The zero-order chi connectivity index (χ0) is 15.7. The summed E-state index contributed by atoms with van der Waals surface area (Å²) in [7, 11) is 0. The number of rotatable bonds is 3. The lowest BCUT2D eigenvalue weighted by molar-refractivity contribution is -0.130. The third-order valence-corrected chi connectivity index (χ3v) is 3.72. The Morgan fingerprint density at radius 3 is 2.14 bits per heavy atom. The van der Waals surface area contributed by atoms with Crippen LogP contribution in [0.15, 0.2) is 35.0 Å². The van der Waals surface area contributed by atoms with E-state index in [1.807, 2.05) is 0 Å². The predicted octanol–water partition coefficient (Wildman–Crippen LogP) is 3.16. The van der Waals surface area contributed by atoms with E-state index in [0.717, 1.165) is 0 Å². The molecule has 21 heavy (non-hydrogen) atoms. The van der Waals surface area contributed by atoms with E-state index in [0.29, 0.717) is 0 Å². The van der Waals surface area contributed by atoms with Crippen molar-refractivity contribution in [3.63, 3.8) is 0 Å². The van der Waals surface area contributed by atoms with Crippen LogP contribution < -0.4 is 0 Å². The third kappa shape index (κ3) is 2.51. The highest BCUT2D eigenvalue weighted by atomic mass is 35.5. The molecule has 4 nitrogen and oxygen atoms in total. The molecule has 0 heterocycles. The van der Waals surface area contributed by atoms with Crippen molar-refractivity contribution in [3.05, 3.63) is 46.1 Å². The summed E-state index contributed by atoms with van der Waals surface area (Å²) in [6, 6.07) is 6.24. The Hall–Kier alpha value is -1.94. The van der Waals surface area contributed by atoms with Gasteiger partial charge in [0.1, 0.15) is 10.7 Å². The Morgan fingerprint density at radius 1 is 1.14 bits per heavy atom. The molecule has 0 N–H and O–H groups in total. The van der Waals surface area contributed by atoms with Gasteiger partial charge in [0.25, 0.3) is 0 Å². The maximum absolute atomic E-state index is 12.7. The lowest BCUT2D eigenvalue weighted by Crippen LogP contribution is -2.41. The number of carbonyl (C=O) groups excluding carboxylic acids is 3. The molecule has 0 atom stereocenters. The summed E-state index contributed by atoms with van der Waals surface area (Å²) in [6.45, 7) is 5.27. The SMILES string of the molecule is CCC(=O)N(C1=C(Cl)C(=O)c2ccccc2C1=O)C(C)C. The molecule has 5 heteroatoms. The number of amides is 1. The van der Waals surface area contributed by atoms with E-state index in [2.05, 4.69) is 0 Å². The first kappa shape index (κ1) is 15.4. The summed E-state index contributed by atoms with van der Waals surface area (Å²) >= 11 is 6.11. The second kappa shape index (κ2) is 5.82. The molecule has 0 fully saturated rings. The van der Waals surface area contributed by atoms with Gasteiger partial charge in [0.05, 0.1) is 0 Å². The van der Waals surface area contributed by atoms with Crippen molar-refractivity contribution < 1.29 is 14.4 Å². The number of nitrogens with zero attached hydrogens (tertiary/aromatic N) is 1. The van der Waals surface area contributed by atoms with E-state index in [1.165, 1.54) is 4.90 Å². The largest absolute Gasteiger partial charge is 0.305 e. The molecule has 1 amide bonds. The van der Waals surface area contributed by atoms with Crippen molar-refractivity contribution in [3.8, 4) is 0 Å². The molecule has 0 radical (unpaired) electrons. The van der Waals surface area contributed by atoms with Crippen LogP contribution in [0.1, 0.15) is 47.9 Å². The number of fused-ring (bicyclic) bond motifs is 1. The summed E-state index contributed by atoms with van der Waals surface area (Å²) in [5.74, 6) is -1.04. The van der Waals surface area contributed by atoms with Crippen LogP contribution >= 0.6 is 11.6 Å². The molecular formula is C16H16ClNO3. The molecule has 1 aliphatic carbocycles. The molecule has 1 aliphatic rings. The summed E-state index contributed by atoms with van der Waals surface area (Å²) < 4.78 is 0. The van der Waals surface area contributed by atoms with Crippen LogP contribution in [0, 0.1) is 0 Å². The fourth-order valence-corrected chi connectivity index (χ4v) is 2.67. The molecule has 0 unspecified atom stereocenters. The molecule has 0 saturated carbocycles. The second-order valence-electron chi connectivity index (χ2n) is 5.08. The fraction of sp³-hybridized carbons (Fsp3) is 0.312. The van der Waals surface area contributed by atoms with Crippen LogP contribution in [0.3, 0.4) is 0 Å². The molecule has 2 rings (SSSR count). The summed E-state index contributed by atoms with van der Waals surface area (Å²) in [5, 5.41) is -0.186. The van der Waals surface area contributed by atoms with Gasteiger partial charge in [-0.2, -0.15) is 0 Å². The lowest BCUT2D eigenvalue weighted by Gasteiger charge is -2.31. The monoisotopic (exact) mass is 305 g/mol. The molecule has 110 valence electrons. The van der Waals surface area contributed by atoms with Crippen LogP contribution in [-0.4, -0.2) is 28.4 Å². The Balaban J connectivity index is 2.63. The van der Waals surface area contributed by atoms with Crippen LogP contribution in [0.5, 0.6) is 0 Å². The highest BCUT2D eigenvalue weighted by Crippen LogP contribution is 2.31. The summed E-state index contributed by atoms with van der Waals surface area (Å²) in [6.07, 6.45) is 0.231. The van der Waals surface area contributed by atoms with Crippen LogP contribution in [0.2, 0.25) is 0 Å². The van der Waals surface area contributed by atoms with E-state index < -0.39 is 5.78 Å². The first-order chi connectivity index (χ1) is 9.90. The second-order valence-corrected chi connectivity index (χ2v) is 5.46. The number of halogens is 1. The predicted molar refractivity (Wildman–Crippen MR) is 80.3 cm³/mol. The summed E-state index contributed by atoms with van der Waals surface area (Å²) in [4.78, 5) is 38.4. The van der Waals surface area contributed by atoms with E-state index >= 15 is 0 Å². The quantitative estimate of drug-likeness (QED) is 0.862. The number of carbonyl (C=O) groups is 3. The maximum atomic E-state index is 12.7. The van der Waals surface area contributed by atoms with Gasteiger partial charge in [0.15, 0.2) is 0 Å². The Bertz CT molecular complexity index is 661. The highest BCUT2D eigenvalue weighted by molar-refractivity contribution is 6.50. The number of allylic oxidation sites excluding steroid dienone is 2. The van der Waals surface area contributed by atoms with Gasteiger partial charge >= 0.3 is 0 Å². The number of Topliss-reactive ketones (excluding diaryl/α,β-unsaturated/α-hetero) is 2. The van der Waals surface area contributed by atoms with Crippen molar-refractivity contribution in [2.45, 2.75) is 33.2 Å². The first-order valence-corrected chi connectivity index (χ1v) is 7.18. The van der Waals surface area contributed by atoms with E-state index in [9.17, 15) is 14.4 Å². The van der Waals surface area contributed by atoms with Crippen molar-refractivity contribution >= 4 is 29.1 Å². The molecule has 1 aromatic rings. The highest BCUT2D eigenvalue weighted by Gasteiger charge is 2.36. The Morgan fingerprint density at radius 2 is 1.67 bits per heavy atom. The molecular weight excluding hydrogens is 290 g/mol. The van der Waals surface area contributed by atoms with Crippen LogP contribution in [0.25, 0.3) is 0 Å². The maximum Gasteiger partial charge on any atom is 0.227 e. The van der Waals surface area contributed by atoms with E-state index in [-0.39, 0.29) is 46.0 Å². The van der Waals surface area contributed by atoms with Gasteiger partial charge in [-0.1, -0.05) is 42.8 Å². The normalized spacial score (nSPS) is 14.5. The minimum Gasteiger partial charge on any atom is -0.305 e. The molecule has 0 bridgehead atoms. The first-order valence-electron chi connectivity index (χ1n) is 6.80. The smallest absolute Gasteiger partial charge is 0.227 e. The van der Waals surface area contributed by atoms with Crippen molar-refractivity contribution in [2.24, 2.45) is 0 Å². The molecule has 0 spiro atoms. The molecule has 0 aliphatic heterocycles. The number of ketones is 2. The number of benzene rings is 1. The van der Waals surface area contributed by atoms with Crippen molar-refractivity contribution in [2.75, 3.05) is 0 Å². The van der Waals surface area contributed by atoms with Crippen LogP contribution in [-0.2, 0) is 4.79 Å². The topological polar surface area (TPSA) is 54.5 Å².